The Balaban J connectivity index is 1.67. The van der Waals surface area contributed by atoms with Gasteiger partial charge in [-0.3, -0.25) is 9.20 Å². The van der Waals surface area contributed by atoms with Gasteiger partial charge in [-0.15, -0.1) is 10.2 Å². The van der Waals surface area contributed by atoms with Crippen LogP contribution in [0.15, 0.2) is 53.8 Å². The first-order valence-corrected chi connectivity index (χ1v) is 8.38. The van der Waals surface area contributed by atoms with Crippen molar-refractivity contribution in [2.75, 3.05) is 7.05 Å². The molecular weight excluding hydrogens is 327 g/mol. The maximum atomic E-state index is 13.3. The van der Waals surface area contributed by atoms with Gasteiger partial charge >= 0.3 is 0 Å². The van der Waals surface area contributed by atoms with Gasteiger partial charge in [0.05, 0.1) is 5.25 Å². The molecule has 0 unspecified atom stereocenters. The lowest BCUT2D eigenvalue weighted by Crippen LogP contribution is -2.32. The Morgan fingerprint density at radius 1 is 1.29 bits per heavy atom. The molecule has 0 saturated heterocycles. The molecule has 3 rings (SSSR count). The molecule has 24 heavy (non-hydrogen) atoms. The van der Waals surface area contributed by atoms with Crippen molar-refractivity contribution < 1.29 is 9.18 Å². The first-order valence-electron chi connectivity index (χ1n) is 7.50. The number of thioether (sulfide) groups is 1. The number of benzene rings is 1. The Labute approximate surface area is 143 Å². The van der Waals surface area contributed by atoms with Crippen LogP contribution < -0.4 is 0 Å². The molecule has 0 spiro atoms. The predicted octanol–water partition coefficient (Wildman–Crippen LogP) is 3.01. The van der Waals surface area contributed by atoms with Crippen LogP contribution in [0.2, 0.25) is 0 Å². The van der Waals surface area contributed by atoms with Gasteiger partial charge in [0.25, 0.3) is 0 Å². The van der Waals surface area contributed by atoms with Gasteiger partial charge < -0.3 is 4.90 Å². The summed E-state index contributed by atoms with van der Waals surface area (Å²) in [5.41, 5.74) is 1.50. The van der Waals surface area contributed by atoms with Crippen LogP contribution in [-0.2, 0) is 11.3 Å². The zero-order valence-corrected chi connectivity index (χ0v) is 14.2. The number of carbonyl (C=O) groups is 1. The predicted molar refractivity (Wildman–Crippen MR) is 91.2 cm³/mol. The monoisotopic (exact) mass is 344 g/mol. The van der Waals surface area contributed by atoms with Crippen molar-refractivity contribution in [1.29, 1.82) is 0 Å². The molecule has 0 aliphatic heterocycles. The number of hydrogen-bond acceptors (Lipinski definition) is 4. The summed E-state index contributed by atoms with van der Waals surface area (Å²) in [6.45, 7) is 2.20. The quantitative estimate of drug-likeness (QED) is 0.668. The number of halogens is 1. The van der Waals surface area contributed by atoms with Crippen LogP contribution in [0.3, 0.4) is 0 Å². The van der Waals surface area contributed by atoms with Crippen molar-refractivity contribution >= 4 is 23.3 Å². The highest BCUT2D eigenvalue weighted by atomic mass is 32.2. The summed E-state index contributed by atoms with van der Waals surface area (Å²) in [5.74, 6) is -0.345. The summed E-state index contributed by atoms with van der Waals surface area (Å²) in [4.78, 5) is 14.1. The Kier molecular flexibility index (Phi) is 4.80. The number of nitrogens with zero attached hydrogens (tertiary/aromatic N) is 4. The average Bonchev–Trinajstić information content (AvgIpc) is 2.97. The van der Waals surface area contributed by atoms with Crippen molar-refractivity contribution in [2.24, 2.45) is 0 Å². The molecule has 1 atom stereocenters. The summed E-state index contributed by atoms with van der Waals surface area (Å²) in [6.07, 6.45) is 1.87. The molecule has 3 aromatic rings. The van der Waals surface area contributed by atoms with Gasteiger partial charge in [0, 0.05) is 19.8 Å². The van der Waals surface area contributed by atoms with Gasteiger partial charge in [-0.05, 0) is 36.8 Å². The van der Waals surface area contributed by atoms with E-state index in [4.69, 9.17) is 0 Å². The Morgan fingerprint density at radius 3 is 2.92 bits per heavy atom. The molecule has 5 nitrogen and oxygen atoms in total. The molecule has 0 bridgehead atoms. The van der Waals surface area contributed by atoms with E-state index in [0.29, 0.717) is 11.7 Å². The van der Waals surface area contributed by atoms with E-state index in [1.807, 2.05) is 35.7 Å². The van der Waals surface area contributed by atoms with Crippen LogP contribution in [0.1, 0.15) is 12.5 Å². The fourth-order valence-electron chi connectivity index (χ4n) is 2.41. The number of pyridine rings is 1. The van der Waals surface area contributed by atoms with Gasteiger partial charge in [-0.2, -0.15) is 0 Å². The van der Waals surface area contributed by atoms with Crippen LogP contribution in [0, 0.1) is 5.82 Å². The minimum absolute atomic E-state index is 0.0445. The Hall–Kier alpha value is -2.41. The molecule has 2 aromatic heterocycles. The molecule has 0 N–H and O–H groups in total. The number of fused-ring (bicyclic) bond motifs is 1. The fourth-order valence-corrected chi connectivity index (χ4v) is 3.36. The molecule has 0 fully saturated rings. The molecule has 0 aliphatic rings. The Morgan fingerprint density at radius 2 is 2.12 bits per heavy atom. The van der Waals surface area contributed by atoms with Crippen molar-refractivity contribution in [2.45, 2.75) is 23.9 Å². The smallest absolute Gasteiger partial charge is 0.235 e. The first-order chi connectivity index (χ1) is 11.5. The van der Waals surface area contributed by atoms with Gasteiger partial charge in [0.1, 0.15) is 5.82 Å². The number of carbonyl (C=O) groups excluding carboxylic acids is 1. The summed E-state index contributed by atoms with van der Waals surface area (Å²) < 4.78 is 15.1. The van der Waals surface area contributed by atoms with Crippen molar-refractivity contribution in [1.82, 2.24) is 19.5 Å². The number of amides is 1. The molecule has 0 saturated carbocycles. The topological polar surface area (TPSA) is 50.5 Å². The molecule has 0 aliphatic carbocycles. The minimum Gasteiger partial charge on any atom is -0.340 e. The molecule has 0 radical (unpaired) electrons. The lowest BCUT2D eigenvalue weighted by atomic mass is 10.2. The normalized spacial score (nSPS) is 12.3. The third kappa shape index (κ3) is 3.56. The second-order valence-corrected chi connectivity index (χ2v) is 6.80. The van der Waals surface area contributed by atoms with E-state index in [1.165, 1.54) is 23.9 Å². The fraction of sp³-hybridized carbons (Fsp3) is 0.235. The van der Waals surface area contributed by atoms with Crippen molar-refractivity contribution in [3.8, 4) is 0 Å². The van der Waals surface area contributed by atoms with Crippen LogP contribution in [-0.4, -0.2) is 37.7 Å². The zero-order chi connectivity index (χ0) is 17.1. The number of aromatic nitrogens is 3. The Bertz CT molecular complexity index is 866. The van der Waals surface area contributed by atoms with Crippen molar-refractivity contribution in [3.05, 3.63) is 60.0 Å². The average molecular weight is 344 g/mol. The van der Waals surface area contributed by atoms with Gasteiger partial charge in [0.2, 0.25) is 5.91 Å². The molecular formula is C17H17FN4OS. The van der Waals surface area contributed by atoms with Gasteiger partial charge in [-0.1, -0.05) is 30.0 Å². The second-order valence-electron chi connectivity index (χ2n) is 5.50. The van der Waals surface area contributed by atoms with E-state index in [9.17, 15) is 9.18 Å². The summed E-state index contributed by atoms with van der Waals surface area (Å²) in [5, 5.41) is 8.56. The lowest BCUT2D eigenvalue weighted by molar-refractivity contribution is -0.129. The van der Waals surface area contributed by atoms with E-state index in [-0.39, 0.29) is 17.0 Å². The maximum absolute atomic E-state index is 13.3. The highest BCUT2D eigenvalue weighted by Gasteiger charge is 2.21. The third-order valence-corrected chi connectivity index (χ3v) is 4.64. The van der Waals surface area contributed by atoms with E-state index >= 15 is 0 Å². The van der Waals surface area contributed by atoms with Crippen LogP contribution in [0.25, 0.3) is 5.65 Å². The standard InChI is InChI=1S/C17H17FN4OS/c1-12(24-17-20-19-15-8-3-4-9-22(15)17)16(23)21(2)11-13-6-5-7-14(18)10-13/h3-10,12H,11H2,1-2H3/t12-/m1/s1. The SMILES string of the molecule is C[C@@H](Sc1nnc2ccccn12)C(=O)N(C)Cc1cccc(F)c1. The van der Waals surface area contributed by atoms with E-state index in [2.05, 4.69) is 10.2 Å². The summed E-state index contributed by atoms with van der Waals surface area (Å²) in [7, 11) is 1.71. The van der Waals surface area contributed by atoms with Crippen LogP contribution in [0.4, 0.5) is 4.39 Å². The lowest BCUT2D eigenvalue weighted by Gasteiger charge is -2.20. The molecule has 1 aromatic carbocycles. The van der Waals surface area contributed by atoms with Gasteiger partial charge in [-0.25, -0.2) is 4.39 Å². The minimum atomic E-state index is -0.323. The van der Waals surface area contributed by atoms with Crippen LogP contribution >= 0.6 is 11.8 Å². The third-order valence-electron chi connectivity index (χ3n) is 3.60. The summed E-state index contributed by atoms with van der Waals surface area (Å²) in [6, 6.07) is 11.9. The second kappa shape index (κ2) is 7.00. The summed E-state index contributed by atoms with van der Waals surface area (Å²) >= 11 is 1.35. The van der Waals surface area contributed by atoms with E-state index in [1.54, 1.807) is 24.1 Å². The maximum Gasteiger partial charge on any atom is 0.235 e. The zero-order valence-electron chi connectivity index (χ0n) is 13.4. The number of hydrogen-bond donors (Lipinski definition) is 0. The largest absolute Gasteiger partial charge is 0.340 e. The molecule has 124 valence electrons. The molecule has 2 heterocycles. The van der Waals surface area contributed by atoms with Gasteiger partial charge in [0.15, 0.2) is 10.8 Å². The van der Waals surface area contributed by atoms with Crippen LogP contribution in [0.5, 0.6) is 0 Å². The van der Waals surface area contributed by atoms with E-state index in [0.717, 1.165) is 11.2 Å². The first kappa shape index (κ1) is 16.4. The number of rotatable bonds is 5. The van der Waals surface area contributed by atoms with E-state index < -0.39 is 0 Å². The highest BCUT2D eigenvalue weighted by Crippen LogP contribution is 2.23. The molecule has 7 heteroatoms. The highest BCUT2D eigenvalue weighted by molar-refractivity contribution is 8.00. The van der Waals surface area contributed by atoms with Crippen molar-refractivity contribution in [3.63, 3.8) is 0 Å². The molecule has 1 amide bonds.